The van der Waals surface area contributed by atoms with Crippen LogP contribution in [0.1, 0.15) is 23.2 Å². The van der Waals surface area contributed by atoms with E-state index in [1.54, 1.807) is 7.05 Å². The number of hydrogen-bond donors (Lipinski definition) is 1. The van der Waals surface area contributed by atoms with E-state index in [9.17, 15) is 23.3 Å². The third-order valence-corrected chi connectivity index (χ3v) is 7.79. The van der Waals surface area contributed by atoms with Gasteiger partial charge in [0.1, 0.15) is 5.52 Å². The van der Waals surface area contributed by atoms with Crippen molar-refractivity contribution >= 4 is 48.3 Å². The number of amides is 1. The quantitative estimate of drug-likeness (QED) is 0.421. The molecule has 31 heavy (non-hydrogen) atoms. The summed E-state index contributed by atoms with van der Waals surface area (Å²) in [6.07, 6.45) is 1.71. The minimum atomic E-state index is -3.59. The summed E-state index contributed by atoms with van der Waals surface area (Å²) in [7, 11) is -0.655. The van der Waals surface area contributed by atoms with Gasteiger partial charge in [-0.3, -0.25) is 20.2 Å². The summed E-state index contributed by atoms with van der Waals surface area (Å²) in [5.74, 6) is -0.248. The monoisotopic (exact) mass is 462 g/mol. The van der Waals surface area contributed by atoms with Crippen molar-refractivity contribution in [3.63, 3.8) is 0 Å². The molecule has 1 heterocycles. The Labute approximate surface area is 181 Å². The number of nitro benzene ring substituents is 1. The van der Waals surface area contributed by atoms with Gasteiger partial charge in [0.15, 0.2) is 10.9 Å². The van der Waals surface area contributed by atoms with Crippen LogP contribution < -0.4 is 10.1 Å². The molecule has 0 aliphatic heterocycles. The van der Waals surface area contributed by atoms with Crippen LogP contribution in [0.3, 0.4) is 0 Å². The van der Waals surface area contributed by atoms with Crippen LogP contribution in [0, 0.1) is 10.1 Å². The molecule has 12 heteroatoms. The molecule has 162 valence electrons. The number of non-ortho nitro benzene ring substituents is 1. The third kappa shape index (κ3) is 4.09. The summed E-state index contributed by atoms with van der Waals surface area (Å²) in [5, 5.41) is 14.0. The van der Waals surface area contributed by atoms with Gasteiger partial charge in [0.05, 0.1) is 27.7 Å². The number of nitro groups is 1. The minimum Gasteiger partial charge on any atom is -0.494 e. The number of nitrogens with one attached hydrogen (secondary N) is 1. The number of thiazole rings is 1. The topological polar surface area (TPSA) is 132 Å². The number of carbonyl (C=O) groups excluding carboxylic acids is 1. The average molecular weight is 463 g/mol. The lowest BCUT2D eigenvalue weighted by molar-refractivity contribution is -0.384. The molecule has 0 atom stereocenters. The predicted molar refractivity (Wildman–Crippen MR) is 115 cm³/mol. The standard InChI is InChI=1S/C19H18N4O6S2/c1-22(12-5-6-12)31(27,28)14-7-3-11(4-8-14)18(24)21-19-20-17-15(29-2)9-13(23(25)26)10-16(17)30-19/h3-4,7-10,12H,5-6H2,1-2H3,(H,20,21,24). The van der Waals surface area contributed by atoms with E-state index in [4.69, 9.17) is 4.74 Å². The van der Waals surface area contributed by atoms with Gasteiger partial charge in [0.2, 0.25) is 10.0 Å². The molecule has 2 aromatic carbocycles. The first-order chi connectivity index (χ1) is 14.7. The molecule has 0 spiro atoms. The number of sulfonamides is 1. The van der Waals surface area contributed by atoms with Crippen molar-refractivity contribution in [1.82, 2.24) is 9.29 Å². The zero-order valence-electron chi connectivity index (χ0n) is 16.6. The van der Waals surface area contributed by atoms with E-state index >= 15 is 0 Å². The molecule has 1 aliphatic carbocycles. The summed E-state index contributed by atoms with van der Waals surface area (Å²) in [5.41, 5.74) is 0.516. The Bertz CT molecular complexity index is 1280. The first-order valence-corrected chi connectivity index (χ1v) is 11.5. The Morgan fingerprint density at radius 1 is 1.29 bits per heavy atom. The lowest BCUT2D eigenvalue weighted by Gasteiger charge is -2.16. The van der Waals surface area contributed by atoms with Crippen LogP contribution >= 0.6 is 11.3 Å². The molecule has 0 bridgehead atoms. The Morgan fingerprint density at radius 3 is 2.55 bits per heavy atom. The third-order valence-electron chi connectivity index (χ3n) is 4.95. The van der Waals surface area contributed by atoms with E-state index in [1.807, 2.05) is 0 Å². The fourth-order valence-electron chi connectivity index (χ4n) is 3.05. The molecule has 1 aromatic heterocycles. The highest BCUT2D eigenvalue weighted by Gasteiger charge is 2.35. The molecule has 0 radical (unpaired) electrons. The van der Waals surface area contributed by atoms with Crippen LogP contribution in [0.5, 0.6) is 5.75 Å². The second-order valence-corrected chi connectivity index (χ2v) is 10.0. The summed E-state index contributed by atoms with van der Waals surface area (Å²) >= 11 is 1.07. The maximum absolute atomic E-state index is 12.6. The van der Waals surface area contributed by atoms with Gasteiger partial charge in [-0.2, -0.15) is 4.31 Å². The van der Waals surface area contributed by atoms with Crippen LogP contribution in [0.2, 0.25) is 0 Å². The lowest BCUT2D eigenvalue weighted by atomic mass is 10.2. The van der Waals surface area contributed by atoms with Gasteiger partial charge in [-0.25, -0.2) is 13.4 Å². The number of rotatable bonds is 7. The van der Waals surface area contributed by atoms with Gasteiger partial charge in [0.25, 0.3) is 11.6 Å². The number of nitrogens with zero attached hydrogens (tertiary/aromatic N) is 3. The molecule has 0 unspecified atom stereocenters. The van der Waals surface area contributed by atoms with Crippen molar-refractivity contribution in [2.45, 2.75) is 23.8 Å². The molecule has 3 aromatic rings. The molecule has 1 fully saturated rings. The van der Waals surface area contributed by atoms with Crippen LogP contribution in [0.25, 0.3) is 10.2 Å². The van der Waals surface area contributed by atoms with E-state index in [0.717, 1.165) is 24.2 Å². The van der Waals surface area contributed by atoms with Gasteiger partial charge in [-0.1, -0.05) is 11.3 Å². The van der Waals surface area contributed by atoms with Gasteiger partial charge in [-0.15, -0.1) is 0 Å². The summed E-state index contributed by atoms with van der Waals surface area (Å²) in [4.78, 5) is 27.6. The van der Waals surface area contributed by atoms with Crippen molar-refractivity contribution in [2.75, 3.05) is 19.5 Å². The molecule has 10 nitrogen and oxygen atoms in total. The van der Waals surface area contributed by atoms with E-state index in [0.29, 0.717) is 10.2 Å². The van der Waals surface area contributed by atoms with Crippen molar-refractivity contribution < 1.29 is 22.9 Å². The van der Waals surface area contributed by atoms with Crippen molar-refractivity contribution in [1.29, 1.82) is 0 Å². The summed E-state index contributed by atoms with van der Waals surface area (Å²) < 4.78 is 32.2. The van der Waals surface area contributed by atoms with Crippen LogP contribution in [-0.4, -0.2) is 48.7 Å². The Hall–Kier alpha value is -3.09. The van der Waals surface area contributed by atoms with Gasteiger partial charge < -0.3 is 4.74 Å². The maximum Gasteiger partial charge on any atom is 0.274 e. The highest BCUT2D eigenvalue weighted by molar-refractivity contribution is 7.89. The SMILES string of the molecule is COc1cc([N+](=O)[O-])cc2sc(NC(=O)c3ccc(S(=O)(=O)N(C)C4CC4)cc3)nc12. The van der Waals surface area contributed by atoms with Gasteiger partial charge in [-0.05, 0) is 37.1 Å². The number of anilines is 1. The fraction of sp³-hybridized carbons (Fsp3) is 0.263. The number of benzene rings is 2. The number of methoxy groups -OCH3 is 1. The fourth-order valence-corrected chi connectivity index (χ4v) is 5.38. The molecule has 1 amide bonds. The molecule has 1 N–H and O–H groups in total. The molecular weight excluding hydrogens is 444 g/mol. The number of fused-ring (bicyclic) bond motifs is 1. The van der Waals surface area contributed by atoms with E-state index in [-0.39, 0.29) is 33.1 Å². The maximum atomic E-state index is 12.6. The normalized spacial score (nSPS) is 14.0. The van der Waals surface area contributed by atoms with Gasteiger partial charge in [0, 0.05) is 24.7 Å². The molecule has 1 saturated carbocycles. The number of aromatic nitrogens is 1. The van der Waals surface area contributed by atoms with Gasteiger partial charge >= 0.3 is 0 Å². The van der Waals surface area contributed by atoms with E-state index in [1.165, 1.54) is 47.8 Å². The smallest absolute Gasteiger partial charge is 0.274 e. The minimum absolute atomic E-state index is 0.0415. The lowest BCUT2D eigenvalue weighted by Crippen LogP contribution is -2.29. The molecule has 0 saturated heterocycles. The molecular formula is C19H18N4O6S2. The number of carbonyl (C=O) groups is 1. The Balaban J connectivity index is 1.55. The predicted octanol–water partition coefficient (Wildman–Crippen LogP) is 3.25. The first kappa shape index (κ1) is 21.2. The second kappa shape index (κ2) is 7.87. The van der Waals surface area contributed by atoms with Crippen LogP contribution in [0.4, 0.5) is 10.8 Å². The largest absolute Gasteiger partial charge is 0.494 e. The number of hydrogen-bond acceptors (Lipinski definition) is 8. The average Bonchev–Trinajstić information content (AvgIpc) is 3.52. The van der Waals surface area contributed by atoms with Crippen LogP contribution in [-0.2, 0) is 10.0 Å². The van der Waals surface area contributed by atoms with Crippen molar-refractivity contribution in [3.05, 3.63) is 52.1 Å². The van der Waals surface area contributed by atoms with Crippen molar-refractivity contribution in [2.24, 2.45) is 0 Å². The highest BCUT2D eigenvalue weighted by Crippen LogP contribution is 2.36. The molecule has 1 aliphatic rings. The number of ether oxygens (including phenoxy) is 1. The van der Waals surface area contributed by atoms with Crippen molar-refractivity contribution in [3.8, 4) is 5.75 Å². The Kier molecular flexibility index (Phi) is 5.37. The summed E-state index contributed by atoms with van der Waals surface area (Å²) in [6.45, 7) is 0. The highest BCUT2D eigenvalue weighted by atomic mass is 32.2. The Morgan fingerprint density at radius 2 is 1.97 bits per heavy atom. The zero-order valence-corrected chi connectivity index (χ0v) is 18.2. The molecule has 4 rings (SSSR count). The van der Waals surface area contributed by atoms with E-state index in [2.05, 4.69) is 10.3 Å². The first-order valence-electron chi connectivity index (χ1n) is 9.23. The van der Waals surface area contributed by atoms with E-state index < -0.39 is 20.9 Å². The second-order valence-electron chi connectivity index (χ2n) is 7.00. The van der Waals surface area contributed by atoms with Crippen LogP contribution in [0.15, 0.2) is 41.3 Å². The zero-order chi connectivity index (χ0) is 22.3. The summed E-state index contributed by atoms with van der Waals surface area (Å²) in [6, 6.07) is 8.33.